The lowest BCUT2D eigenvalue weighted by molar-refractivity contribution is -0.0340. The van der Waals surface area contributed by atoms with Crippen LogP contribution in [0.5, 0.6) is 0 Å². The maximum absolute atomic E-state index is 13.5. The van der Waals surface area contributed by atoms with Gasteiger partial charge in [-0.3, -0.25) is 9.59 Å². The van der Waals surface area contributed by atoms with Crippen molar-refractivity contribution in [1.29, 1.82) is 0 Å². The van der Waals surface area contributed by atoms with Gasteiger partial charge in [0.15, 0.2) is 0 Å². The van der Waals surface area contributed by atoms with Crippen molar-refractivity contribution < 1.29 is 18.7 Å². The number of hydrogen-bond acceptors (Lipinski definition) is 4. The van der Waals surface area contributed by atoms with Gasteiger partial charge in [-0.1, -0.05) is 50.2 Å². The number of nitrogens with zero attached hydrogens (tertiary/aromatic N) is 2. The number of morpholine rings is 1. The average molecular weight is 421 g/mol. The summed E-state index contributed by atoms with van der Waals surface area (Å²) in [5.41, 5.74) is 1.23. The number of ether oxygens (including phenoxy) is 1. The molecule has 1 aromatic heterocycles. The third-order valence-corrected chi connectivity index (χ3v) is 5.51. The van der Waals surface area contributed by atoms with Crippen molar-refractivity contribution >= 4 is 22.6 Å². The van der Waals surface area contributed by atoms with Crippen molar-refractivity contribution in [3.05, 3.63) is 72.2 Å². The van der Waals surface area contributed by atoms with E-state index in [1.807, 2.05) is 47.4 Å². The van der Waals surface area contributed by atoms with Gasteiger partial charge in [-0.2, -0.15) is 0 Å². The summed E-state index contributed by atoms with van der Waals surface area (Å²) in [6, 6.07) is 15.4. The molecule has 3 aromatic rings. The quantitative estimate of drug-likeness (QED) is 0.603. The molecule has 0 bridgehead atoms. The fourth-order valence-electron chi connectivity index (χ4n) is 4.09. The molecule has 1 aliphatic heterocycles. The van der Waals surface area contributed by atoms with E-state index in [0.717, 1.165) is 10.8 Å². The van der Waals surface area contributed by atoms with E-state index in [0.29, 0.717) is 49.8 Å². The third-order valence-electron chi connectivity index (χ3n) is 5.51. The maximum Gasteiger partial charge on any atom is 0.257 e. The highest BCUT2D eigenvalue weighted by atomic mass is 16.5. The number of furan rings is 1. The van der Waals surface area contributed by atoms with Crippen molar-refractivity contribution in [2.24, 2.45) is 5.92 Å². The van der Waals surface area contributed by atoms with E-state index >= 15 is 0 Å². The average Bonchev–Trinajstić information content (AvgIpc) is 3.32. The van der Waals surface area contributed by atoms with Gasteiger partial charge in [0, 0.05) is 31.7 Å². The van der Waals surface area contributed by atoms with Crippen LogP contribution in [0.3, 0.4) is 0 Å². The second-order valence-electron chi connectivity index (χ2n) is 8.39. The largest absolute Gasteiger partial charge is 0.472 e. The Morgan fingerprint density at radius 2 is 1.94 bits per heavy atom. The monoisotopic (exact) mass is 420 g/mol. The van der Waals surface area contributed by atoms with Crippen molar-refractivity contribution in [1.82, 2.24) is 9.80 Å². The number of fused-ring (bicyclic) bond motifs is 1. The van der Waals surface area contributed by atoms with Crippen LogP contribution < -0.4 is 0 Å². The summed E-state index contributed by atoms with van der Waals surface area (Å²) in [5, 5.41) is 1.99. The molecule has 4 rings (SSSR count). The van der Waals surface area contributed by atoms with Crippen molar-refractivity contribution in [2.45, 2.75) is 20.0 Å². The molecule has 6 nitrogen and oxygen atoms in total. The van der Waals surface area contributed by atoms with E-state index in [2.05, 4.69) is 13.8 Å². The van der Waals surface area contributed by atoms with Gasteiger partial charge in [0.25, 0.3) is 11.8 Å². The van der Waals surface area contributed by atoms with Crippen molar-refractivity contribution in [2.75, 3.05) is 32.8 Å². The van der Waals surface area contributed by atoms with Gasteiger partial charge in [0.2, 0.25) is 0 Å². The number of hydrogen-bond donors (Lipinski definition) is 0. The SMILES string of the molecule is CC(C)CN(C[C@H]1CN(C(=O)c2ccoc2)CCO1)C(=O)c1cccc2ccccc12. The summed E-state index contributed by atoms with van der Waals surface area (Å²) >= 11 is 0. The molecule has 6 heteroatoms. The number of carbonyl (C=O) groups excluding carboxylic acids is 2. The first kappa shape index (κ1) is 21.1. The zero-order chi connectivity index (χ0) is 21.8. The standard InChI is InChI=1S/C25H28N2O4/c1-18(2)14-27(25(29)23-9-5-7-19-6-3-4-8-22(19)23)16-21-15-26(11-13-31-21)24(28)20-10-12-30-17-20/h3-10,12,17-18,21H,11,13-16H2,1-2H3/t21-/m1/s1. The fourth-order valence-corrected chi connectivity index (χ4v) is 4.09. The summed E-state index contributed by atoms with van der Waals surface area (Å²) in [6.45, 7) is 6.68. The van der Waals surface area contributed by atoms with Crippen LogP contribution in [0.1, 0.15) is 34.6 Å². The molecule has 1 fully saturated rings. The van der Waals surface area contributed by atoms with Crippen LogP contribution in [0, 0.1) is 5.92 Å². The minimum atomic E-state index is -0.234. The fraction of sp³-hybridized carbons (Fsp3) is 0.360. The molecular formula is C25H28N2O4. The second-order valence-corrected chi connectivity index (χ2v) is 8.39. The van der Waals surface area contributed by atoms with E-state index in [9.17, 15) is 9.59 Å². The Bertz CT molecular complexity index is 1040. The molecule has 0 aliphatic carbocycles. The van der Waals surface area contributed by atoms with Crippen LogP contribution in [0.25, 0.3) is 10.8 Å². The summed E-state index contributed by atoms with van der Waals surface area (Å²) < 4.78 is 11.0. The lowest BCUT2D eigenvalue weighted by Gasteiger charge is -2.36. The van der Waals surface area contributed by atoms with Crippen LogP contribution in [-0.4, -0.2) is 60.5 Å². The molecule has 2 aromatic carbocycles. The number of benzene rings is 2. The smallest absolute Gasteiger partial charge is 0.257 e. The minimum absolute atomic E-state index is 0.00705. The summed E-state index contributed by atoms with van der Waals surface area (Å²) in [4.78, 5) is 29.9. The lowest BCUT2D eigenvalue weighted by Crippen LogP contribution is -2.51. The number of rotatable bonds is 6. The van der Waals surface area contributed by atoms with Gasteiger partial charge in [-0.25, -0.2) is 0 Å². The number of carbonyl (C=O) groups is 2. The summed E-state index contributed by atoms with van der Waals surface area (Å²) in [5.74, 6) is 0.233. The molecule has 1 atom stereocenters. The van der Waals surface area contributed by atoms with Gasteiger partial charge in [-0.15, -0.1) is 0 Å². The molecule has 162 valence electrons. The highest BCUT2D eigenvalue weighted by Crippen LogP contribution is 2.21. The van der Waals surface area contributed by atoms with Crippen LogP contribution in [0.2, 0.25) is 0 Å². The Kier molecular flexibility index (Phi) is 6.37. The molecule has 2 amide bonds. The van der Waals surface area contributed by atoms with Gasteiger partial charge < -0.3 is 19.0 Å². The first-order valence-electron chi connectivity index (χ1n) is 10.7. The van der Waals surface area contributed by atoms with E-state index in [4.69, 9.17) is 9.15 Å². The molecule has 0 spiro atoms. The summed E-state index contributed by atoms with van der Waals surface area (Å²) in [7, 11) is 0. The van der Waals surface area contributed by atoms with Crippen LogP contribution in [0.4, 0.5) is 0 Å². The van der Waals surface area contributed by atoms with Gasteiger partial charge >= 0.3 is 0 Å². The van der Waals surface area contributed by atoms with Gasteiger partial charge in [0.05, 0.1) is 24.5 Å². The van der Waals surface area contributed by atoms with E-state index in [1.165, 1.54) is 12.5 Å². The van der Waals surface area contributed by atoms with Gasteiger partial charge in [0.1, 0.15) is 6.26 Å². The normalized spacial score (nSPS) is 16.6. The Balaban J connectivity index is 1.52. The first-order chi connectivity index (χ1) is 15.0. The Labute approximate surface area is 182 Å². The topological polar surface area (TPSA) is 63.0 Å². The van der Waals surface area contributed by atoms with Gasteiger partial charge in [-0.05, 0) is 28.8 Å². The molecule has 0 N–H and O–H groups in total. The second kappa shape index (κ2) is 9.35. The predicted octanol–water partition coefficient (Wildman–Crippen LogP) is 4.07. The van der Waals surface area contributed by atoms with E-state index in [-0.39, 0.29) is 17.9 Å². The minimum Gasteiger partial charge on any atom is -0.472 e. The Hall–Kier alpha value is -3.12. The molecule has 0 radical (unpaired) electrons. The lowest BCUT2D eigenvalue weighted by atomic mass is 10.0. The third kappa shape index (κ3) is 4.80. The molecule has 31 heavy (non-hydrogen) atoms. The molecule has 2 heterocycles. The molecule has 0 unspecified atom stereocenters. The highest BCUT2D eigenvalue weighted by molar-refractivity contribution is 6.07. The van der Waals surface area contributed by atoms with E-state index < -0.39 is 0 Å². The summed E-state index contributed by atoms with van der Waals surface area (Å²) in [6.07, 6.45) is 2.72. The van der Waals surface area contributed by atoms with Crippen LogP contribution >= 0.6 is 0 Å². The van der Waals surface area contributed by atoms with Crippen molar-refractivity contribution in [3.8, 4) is 0 Å². The molecule has 0 saturated carbocycles. The molecule has 1 saturated heterocycles. The zero-order valence-electron chi connectivity index (χ0n) is 18.0. The maximum atomic E-state index is 13.5. The Morgan fingerprint density at radius 3 is 2.71 bits per heavy atom. The molecule has 1 aliphatic rings. The van der Waals surface area contributed by atoms with E-state index in [1.54, 1.807) is 11.0 Å². The Morgan fingerprint density at radius 1 is 1.13 bits per heavy atom. The predicted molar refractivity (Wildman–Crippen MR) is 119 cm³/mol. The van der Waals surface area contributed by atoms with Crippen LogP contribution in [-0.2, 0) is 4.74 Å². The number of amides is 2. The zero-order valence-corrected chi connectivity index (χ0v) is 18.0. The highest BCUT2D eigenvalue weighted by Gasteiger charge is 2.29. The molecular weight excluding hydrogens is 392 g/mol. The van der Waals surface area contributed by atoms with Crippen molar-refractivity contribution in [3.63, 3.8) is 0 Å². The first-order valence-corrected chi connectivity index (χ1v) is 10.7. The van der Waals surface area contributed by atoms with Crippen LogP contribution in [0.15, 0.2) is 65.5 Å².